The molecule has 40 heavy (non-hydrogen) atoms. The van der Waals surface area contributed by atoms with Gasteiger partial charge in [-0.1, -0.05) is 72.8 Å². The first-order valence-electron chi connectivity index (χ1n) is 13.6. The van der Waals surface area contributed by atoms with Crippen LogP contribution in [0.4, 0.5) is 0 Å². The smallest absolute Gasteiger partial charge is 0.306 e. The number of carbonyl (C=O) groups is 3. The number of hydrogen-bond donors (Lipinski definition) is 3. The summed E-state index contributed by atoms with van der Waals surface area (Å²) in [6.07, 6.45) is 4.70. The number of nitrogens with one attached hydrogen (secondary N) is 2. The van der Waals surface area contributed by atoms with E-state index in [-0.39, 0.29) is 50.3 Å². The topological polar surface area (TPSA) is 114 Å². The molecule has 0 saturated heterocycles. The number of methoxy groups -OCH3 is 1. The van der Waals surface area contributed by atoms with Crippen molar-refractivity contribution in [1.29, 1.82) is 0 Å². The molecule has 2 aromatic rings. The van der Waals surface area contributed by atoms with Crippen molar-refractivity contribution in [2.24, 2.45) is 5.92 Å². The minimum atomic E-state index is -0.788. The van der Waals surface area contributed by atoms with Crippen LogP contribution in [0.3, 0.4) is 0 Å². The van der Waals surface area contributed by atoms with Gasteiger partial charge in [0.25, 0.3) is 0 Å². The highest BCUT2D eigenvalue weighted by molar-refractivity contribution is 5.86. The lowest BCUT2D eigenvalue weighted by molar-refractivity contribution is -0.153. The number of carbonyl (C=O) groups excluding carboxylic acids is 3. The third-order valence-electron chi connectivity index (χ3n) is 6.38. The predicted octanol–water partition coefficient (Wildman–Crippen LogP) is 4.06. The first-order valence-corrected chi connectivity index (χ1v) is 13.6. The molecule has 0 aliphatic rings. The van der Waals surface area contributed by atoms with E-state index in [9.17, 15) is 19.5 Å². The predicted molar refractivity (Wildman–Crippen MR) is 155 cm³/mol. The van der Waals surface area contributed by atoms with Gasteiger partial charge >= 0.3 is 5.97 Å². The summed E-state index contributed by atoms with van der Waals surface area (Å²) >= 11 is 0. The van der Waals surface area contributed by atoms with Crippen LogP contribution in [-0.4, -0.2) is 55.3 Å². The normalized spacial score (nSPS) is 13.8. The summed E-state index contributed by atoms with van der Waals surface area (Å²) in [7, 11) is 1.50. The van der Waals surface area contributed by atoms with E-state index >= 15 is 0 Å². The number of rotatable bonds is 19. The second-order valence-corrected chi connectivity index (χ2v) is 9.63. The number of aliphatic hydroxyl groups is 1. The van der Waals surface area contributed by atoms with E-state index in [2.05, 4.69) is 23.8 Å². The standard InChI is InChI=1S/C32H42N2O6/c1-4-6-9-19-30(37)40-31(25-17-12-8-13-18-25)28(23-39-3)34-32(38)26(14-5-2)21-29(36)33-27(22-35)20-24-15-10-7-11-16-24/h4-5,7-8,10-13,15-18,26-28,31,35H,1-2,6,9,14,19-23H2,3H3,(H,33,36)(H,34,38)/t26-,27-,28-,31-/m0/s1. The molecular weight excluding hydrogens is 508 g/mol. The quantitative estimate of drug-likeness (QED) is 0.138. The lowest BCUT2D eigenvalue weighted by Crippen LogP contribution is -2.47. The highest BCUT2D eigenvalue weighted by Crippen LogP contribution is 2.24. The molecule has 0 radical (unpaired) electrons. The summed E-state index contributed by atoms with van der Waals surface area (Å²) in [5.41, 5.74) is 1.70. The van der Waals surface area contributed by atoms with E-state index in [4.69, 9.17) is 9.47 Å². The number of unbranched alkanes of at least 4 members (excludes halogenated alkanes) is 1. The van der Waals surface area contributed by atoms with Gasteiger partial charge in [0.05, 0.1) is 31.2 Å². The molecule has 216 valence electrons. The Labute approximate surface area is 237 Å². The summed E-state index contributed by atoms with van der Waals surface area (Å²) in [6.45, 7) is 7.28. The molecule has 0 fully saturated rings. The summed E-state index contributed by atoms with van der Waals surface area (Å²) in [6, 6.07) is 17.5. The Kier molecular flexibility index (Phi) is 15.0. The van der Waals surface area contributed by atoms with E-state index in [0.717, 1.165) is 5.56 Å². The number of ether oxygens (including phenoxy) is 2. The van der Waals surface area contributed by atoms with Crippen LogP contribution in [0.5, 0.6) is 0 Å². The van der Waals surface area contributed by atoms with Crippen molar-refractivity contribution in [2.75, 3.05) is 20.3 Å². The number of amides is 2. The maximum atomic E-state index is 13.4. The second kappa shape index (κ2) is 18.5. The van der Waals surface area contributed by atoms with Gasteiger partial charge < -0.3 is 25.2 Å². The molecule has 0 unspecified atom stereocenters. The minimum absolute atomic E-state index is 0.0852. The number of esters is 1. The molecule has 0 aromatic heterocycles. The Morgan fingerprint density at radius 2 is 1.65 bits per heavy atom. The van der Waals surface area contributed by atoms with E-state index < -0.39 is 24.1 Å². The molecular formula is C32H42N2O6. The van der Waals surface area contributed by atoms with Gasteiger partial charge in [0.2, 0.25) is 11.8 Å². The summed E-state index contributed by atoms with van der Waals surface area (Å²) in [5.74, 6) is -1.84. The molecule has 0 bridgehead atoms. The number of allylic oxidation sites excluding steroid dienone is 2. The molecule has 0 aliphatic heterocycles. The van der Waals surface area contributed by atoms with Crippen LogP contribution in [0, 0.1) is 5.92 Å². The zero-order valence-corrected chi connectivity index (χ0v) is 23.3. The Morgan fingerprint density at radius 1 is 0.975 bits per heavy atom. The zero-order chi connectivity index (χ0) is 29.2. The lowest BCUT2D eigenvalue weighted by Gasteiger charge is -2.29. The van der Waals surface area contributed by atoms with Crippen molar-refractivity contribution in [3.63, 3.8) is 0 Å². The van der Waals surface area contributed by atoms with Crippen LogP contribution in [0.2, 0.25) is 0 Å². The van der Waals surface area contributed by atoms with Gasteiger partial charge in [-0.15, -0.1) is 13.2 Å². The molecule has 0 saturated carbocycles. The van der Waals surface area contributed by atoms with Gasteiger partial charge in [-0.25, -0.2) is 0 Å². The third kappa shape index (κ3) is 11.6. The van der Waals surface area contributed by atoms with Crippen molar-refractivity contribution >= 4 is 17.8 Å². The number of hydrogen-bond acceptors (Lipinski definition) is 6. The van der Waals surface area contributed by atoms with E-state index in [1.807, 2.05) is 60.7 Å². The van der Waals surface area contributed by atoms with Crippen LogP contribution < -0.4 is 10.6 Å². The van der Waals surface area contributed by atoms with Crippen molar-refractivity contribution in [1.82, 2.24) is 10.6 Å². The van der Waals surface area contributed by atoms with E-state index in [1.165, 1.54) is 7.11 Å². The number of aliphatic hydroxyl groups excluding tert-OH is 1. The Balaban J connectivity index is 2.13. The minimum Gasteiger partial charge on any atom is -0.455 e. The first-order chi connectivity index (χ1) is 19.4. The monoisotopic (exact) mass is 550 g/mol. The molecule has 8 heteroatoms. The van der Waals surface area contributed by atoms with Crippen molar-refractivity contribution in [3.8, 4) is 0 Å². The van der Waals surface area contributed by atoms with Crippen LogP contribution in [0.25, 0.3) is 0 Å². The molecule has 0 aliphatic carbocycles. The lowest BCUT2D eigenvalue weighted by atomic mass is 9.97. The molecule has 4 atom stereocenters. The van der Waals surface area contributed by atoms with Crippen LogP contribution in [-0.2, 0) is 30.3 Å². The molecule has 3 N–H and O–H groups in total. The van der Waals surface area contributed by atoms with Crippen LogP contribution in [0.1, 0.15) is 49.3 Å². The molecule has 0 spiro atoms. The van der Waals surface area contributed by atoms with Gasteiger partial charge in [0, 0.05) is 20.0 Å². The maximum absolute atomic E-state index is 13.4. The molecule has 2 rings (SSSR count). The average molecular weight is 551 g/mol. The maximum Gasteiger partial charge on any atom is 0.306 e. The fraction of sp³-hybridized carbons (Fsp3) is 0.406. The van der Waals surface area contributed by atoms with E-state index in [1.54, 1.807) is 12.2 Å². The van der Waals surface area contributed by atoms with Gasteiger partial charge in [-0.3, -0.25) is 14.4 Å². The zero-order valence-electron chi connectivity index (χ0n) is 23.3. The van der Waals surface area contributed by atoms with Gasteiger partial charge in [-0.05, 0) is 36.8 Å². The Morgan fingerprint density at radius 3 is 2.25 bits per heavy atom. The first kappa shape index (κ1) is 32.5. The van der Waals surface area contributed by atoms with Crippen LogP contribution >= 0.6 is 0 Å². The average Bonchev–Trinajstić information content (AvgIpc) is 2.96. The van der Waals surface area contributed by atoms with Crippen molar-refractivity contribution in [2.45, 2.75) is 56.7 Å². The van der Waals surface area contributed by atoms with Crippen molar-refractivity contribution in [3.05, 3.63) is 97.1 Å². The fourth-order valence-corrected chi connectivity index (χ4v) is 4.36. The van der Waals surface area contributed by atoms with Gasteiger partial charge in [0.1, 0.15) is 6.10 Å². The van der Waals surface area contributed by atoms with E-state index in [0.29, 0.717) is 24.8 Å². The summed E-state index contributed by atoms with van der Waals surface area (Å²) in [4.78, 5) is 39.0. The van der Waals surface area contributed by atoms with Crippen LogP contribution in [0.15, 0.2) is 86.0 Å². The molecule has 8 nitrogen and oxygen atoms in total. The third-order valence-corrected chi connectivity index (χ3v) is 6.38. The molecule has 2 amide bonds. The number of benzene rings is 2. The SMILES string of the molecule is C=CCCCC(=O)O[C@@H](c1ccccc1)[C@H](COC)NC(=O)[C@@H](CC=C)CC(=O)N[C@H](CO)Cc1ccccc1. The Bertz CT molecular complexity index is 1060. The summed E-state index contributed by atoms with van der Waals surface area (Å²) < 4.78 is 11.2. The van der Waals surface area contributed by atoms with Gasteiger partial charge in [0.15, 0.2) is 0 Å². The second-order valence-electron chi connectivity index (χ2n) is 9.63. The molecule has 0 heterocycles. The highest BCUT2D eigenvalue weighted by atomic mass is 16.5. The molecule has 2 aromatic carbocycles. The fourth-order valence-electron chi connectivity index (χ4n) is 4.36. The summed E-state index contributed by atoms with van der Waals surface area (Å²) in [5, 5.41) is 15.6. The Hall–Kier alpha value is -3.75. The highest BCUT2D eigenvalue weighted by Gasteiger charge is 2.31. The van der Waals surface area contributed by atoms with Gasteiger partial charge in [-0.2, -0.15) is 0 Å². The van der Waals surface area contributed by atoms with Crippen molar-refractivity contribution < 1.29 is 29.0 Å². The largest absolute Gasteiger partial charge is 0.455 e.